The SMILES string of the molecule is CCc1ccc(C(=O)COC(=O)c2cc(-c3ccc(-c4ccccc4)cc3)nc3ccccc23)cc1. The highest BCUT2D eigenvalue weighted by molar-refractivity contribution is 6.06. The van der Waals surface area contributed by atoms with Gasteiger partial charge in [0.25, 0.3) is 0 Å². The molecule has 5 aromatic rings. The lowest BCUT2D eigenvalue weighted by Gasteiger charge is -2.11. The van der Waals surface area contributed by atoms with Crippen molar-refractivity contribution in [1.82, 2.24) is 4.98 Å². The van der Waals surface area contributed by atoms with Crippen LogP contribution in [-0.4, -0.2) is 23.3 Å². The number of benzene rings is 4. The third kappa shape index (κ3) is 4.93. The number of para-hydroxylation sites is 1. The first-order valence-electron chi connectivity index (χ1n) is 12.0. The molecule has 0 aliphatic heterocycles. The van der Waals surface area contributed by atoms with E-state index in [1.54, 1.807) is 18.2 Å². The van der Waals surface area contributed by atoms with E-state index < -0.39 is 5.97 Å². The Morgan fingerprint density at radius 1 is 0.722 bits per heavy atom. The molecule has 0 saturated heterocycles. The molecule has 5 rings (SSSR count). The number of carbonyl (C=O) groups excluding carboxylic acids is 2. The molecule has 0 radical (unpaired) electrons. The van der Waals surface area contributed by atoms with Gasteiger partial charge in [0, 0.05) is 16.5 Å². The second-order valence-corrected chi connectivity index (χ2v) is 8.57. The van der Waals surface area contributed by atoms with Crippen LogP contribution in [0, 0.1) is 0 Å². The first-order chi connectivity index (χ1) is 17.6. The predicted octanol–water partition coefficient (Wildman–Crippen LogP) is 7.17. The fourth-order valence-corrected chi connectivity index (χ4v) is 4.17. The van der Waals surface area contributed by atoms with Gasteiger partial charge in [-0.15, -0.1) is 0 Å². The molecule has 1 aromatic heterocycles. The maximum atomic E-state index is 13.1. The number of ether oxygens (including phenoxy) is 1. The molecule has 0 unspecified atom stereocenters. The molecular formula is C32H25NO3. The van der Waals surface area contributed by atoms with E-state index in [1.165, 1.54) is 0 Å². The Bertz CT molecular complexity index is 1520. The average molecular weight is 472 g/mol. The van der Waals surface area contributed by atoms with E-state index in [0.717, 1.165) is 28.7 Å². The monoisotopic (exact) mass is 471 g/mol. The number of ketones is 1. The average Bonchev–Trinajstić information content (AvgIpc) is 2.95. The molecule has 4 heteroatoms. The number of aromatic nitrogens is 1. The van der Waals surface area contributed by atoms with Crippen molar-refractivity contribution in [2.45, 2.75) is 13.3 Å². The molecular weight excluding hydrogens is 446 g/mol. The number of pyridine rings is 1. The topological polar surface area (TPSA) is 56.3 Å². The highest BCUT2D eigenvalue weighted by Gasteiger charge is 2.17. The minimum Gasteiger partial charge on any atom is -0.454 e. The minimum absolute atomic E-state index is 0.235. The van der Waals surface area contributed by atoms with Crippen LogP contribution in [-0.2, 0) is 11.2 Å². The van der Waals surface area contributed by atoms with Crippen LogP contribution in [0.25, 0.3) is 33.3 Å². The summed E-state index contributed by atoms with van der Waals surface area (Å²) in [6, 6.07) is 34.8. The maximum absolute atomic E-state index is 13.1. The van der Waals surface area contributed by atoms with E-state index in [9.17, 15) is 9.59 Å². The van der Waals surface area contributed by atoms with Gasteiger partial charge in [0.2, 0.25) is 0 Å². The molecule has 0 aliphatic carbocycles. The smallest absolute Gasteiger partial charge is 0.339 e. The number of hydrogen-bond acceptors (Lipinski definition) is 4. The Kier molecular flexibility index (Phi) is 6.67. The quantitative estimate of drug-likeness (QED) is 0.186. The maximum Gasteiger partial charge on any atom is 0.339 e. The Hall–Kier alpha value is -4.57. The molecule has 36 heavy (non-hydrogen) atoms. The summed E-state index contributed by atoms with van der Waals surface area (Å²) in [4.78, 5) is 30.5. The number of esters is 1. The highest BCUT2D eigenvalue weighted by Crippen LogP contribution is 2.28. The van der Waals surface area contributed by atoms with E-state index >= 15 is 0 Å². The van der Waals surface area contributed by atoms with E-state index in [-0.39, 0.29) is 12.4 Å². The van der Waals surface area contributed by atoms with Gasteiger partial charge in [0.05, 0.1) is 16.8 Å². The third-order valence-electron chi connectivity index (χ3n) is 6.24. The Morgan fingerprint density at radius 3 is 2.08 bits per heavy atom. The minimum atomic E-state index is -0.547. The van der Waals surface area contributed by atoms with Crippen LogP contribution >= 0.6 is 0 Å². The van der Waals surface area contributed by atoms with Gasteiger partial charge in [-0.25, -0.2) is 9.78 Å². The van der Waals surface area contributed by atoms with Crippen molar-refractivity contribution in [2.24, 2.45) is 0 Å². The first kappa shape index (κ1) is 23.2. The lowest BCUT2D eigenvalue weighted by Crippen LogP contribution is -2.15. The third-order valence-corrected chi connectivity index (χ3v) is 6.24. The molecule has 0 aliphatic rings. The van der Waals surface area contributed by atoms with Crippen LogP contribution in [0.4, 0.5) is 0 Å². The van der Waals surface area contributed by atoms with Gasteiger partial charge in [-0.1, -0.05) is 104 Å². The first-order valence-corrected chi connectivity index (χ1v) is 12.0. The summed E-state index contributed by atoms with van der Waals surface area (Å²) in [5.41, 5.74) is 6.55. The number of Topliss-reactive ketones (excluding diaryl/α,β-unsaturated/α-hetero) is 1. The van der Waals surface area contributed by atoms with Gasteiger partial charge < -0.3 is 4.74 Å². The van der Waals surface area contributed by atoms with Crippen molar-refractivity contribution in [3.8, 4) is 22.4 Å². The van der Waals surface area contributed by atoms with Crippen LogP contribution in [0.15, 0.2) is 109 Å². The molecule has 0 atom stereocenters. The summed E-state index contributed by atoms with van der Waals surface area (Å²) in [5, 5.41) is 0.687. The van der Waals surface area contributed by atoms with Gasteiger partial charge in [-0.3, -0.25) is 4.79 Å². The standard InChI is InChI=1S/C32H25NO3/c1-2-22-12-14-26(15-13-22)31(34)21-36-32(35)28-20-30(33-29-11-7-6-10-27(28)29)25-18-16-24(17-19-25)23-8-4-3-5-9-23/h3-20H,2,21H2,1H3. The van der Waals surface area contributed by atoms with Crippen LogP contribution in [0.2, 0.25) is 0 Å². The highest BCUT2D eigenvalue weighted by atomic mass is 16.5. The Balaban J connectivity index is 1.41. The summed E-state index contributed by atoms with van der Waals surface area (Å²) in [5.74, 6) is -0.782. The summed E-state index contributed by atoms with van der Waals surface area (Å²) >= 11 is 0. The van der Waals surface area contributed by atoms with Crippen molar-refractivity contribution >= 4 is 22.7 Å². The number of carbonyl (C=O) groups is 2. The summed E-state index contributed by atoms with van der Waals surface area (Å²) in [7, 11) is 0. The summed E-state index contributed by atoms with van der Waals surface area (Å²) in [6.45, 7) is 1.74. The van der Waals surface area contributed by atoms with E-state index in [1.807, 2.05) is 78.9 Å². The molecule has 0 N–H and O–H groups in total. The van der Waals surface area contributed by atoms with Crippen LogP contribution < -0.4 is 0 Å². The van der Waals surface area contributed by atoms with Crippen molar-refractivity contribution in [3.05, 3.63) is 126 Å². The number of rotatable bonds is 7. The normalized spacial score (nSPS) is 10.8. The lowest BCUT2D eigenvalue weighted by atomic mass is 10.0. The Labute approximate surface area is 210 Å². The van der Waals surface area contributed by atoms with Crippen LogP contribution in [0.3, 0.4) is 0 Å². The zero-order chi connectivity index (χ0) is 24.9. The Morgan fingerprint density at radius 2 is 1.36 bits per heavy atom. The van der Waals surface area contributed by atoms with E-state index in [0.29, 0.717) is 27.7 Å². The van der Waals surface area contributed by atoms with E-state index in [2.05, 4.69) is 19.1 Å². The van der Waals surface area contributed by atoms with Crippen molar-refractivity contribution < 1.29 is 14.3 Å². The van der Waals surface area contributed by atoms with Gasteiger partial charge in [-0.05, 0) is 35.2 Å². The van der Waals surface area contributed by atoms with Gasteiger partial charge in [-0.2, -0.15) is 0 Å². The van der Waals surface area contributed by atoms with Gasteiger partial charge in [0.15, 0.2) is 12.4 Å². The fraction of sp³-hybridized carbons (Fsp3) is 0.0938. The molecule has 0 amide bonds. The second kappa shape index (κ2) is 10.4. The van der Waals surface area contributed by atoms with Crippen LogP contribution in [0.5, 0.6) is 0 Å². The molecule has 4 nitrogen and oxygen atoms in total. The van der Waals surface area contributed by atoms with Gasteiger partial charge >= 0.3 is 5.97 Å². The zero-order valence-corrected chi connectivity index (χ0v) is 20.0. The van der Waals surface area contributed by atoms with E-state index in [4.69, 9.17) is 9.72 Å². The zero-order valence-electron chi connectivity index (χ0n) is 20.0. The van der Waals surface area contributed by atoms with Crippen molar-refractivity contribution in [2.75, 3.05) is 6.61 Å². The molecule has 4 aromatic carbocycles. The largest absolute Gasteiger partial charge is 0.454 e. The van der Waals surface area contributed by atoms with Crippen molar-refractivity contribution in [1.29, 1.82) is 0 Å². The summed E-state index contributed by atoms with van der Waals surface area (Å²) in [6.07, 6.45) is 0.899. The predicted molar refractivity (Wildman–Crippen MR) is 143 cm³/mol. The molecule has 176 valence electrons. The lowest BCUT2D eigenvalue weighted by molar-refractivity contribution is 0.0476. The van der Waals surface area contributed by atoms with Crippen molar-refractivity contribution in [3.63, 3.8) is 0 Å². The van der Waals surface area contributed by atoms with Gasteiger partial charge in [0.1, 0.15) is 0 Å². The molecule has 0 bridgehead atoms. The second-order valence-electron chi connectivity index (χ2n) is 8.57. The summed E-state index contributed by atoms with van der Waals surface area (Å²) < 4.78 is 5.46. The molecule has 0 spiro atoms. The van der Waals surface area contributed by atoms with Crippen LogP contribution in [0.1, 0.15) is 33.2 Å². The molecule has 1 heterocycles. The number of nitrogens with zero attached hydrogens (tertiary/aromatic N) is 1. The number of aryl methyl sites for hydroxylation is 1. The molecule has 0 fully saturated rings. The molecule has 0 saturated carbocycles. The number of fused-ring (bicyclic) bond motifs is 1. The number of hydrogen-bond donors (Lipinski definition) is 0. The fourth-order valence-electron chi connectivity index (χ4n) is 4.17.